The topological polar surface area (TPSA) is 0 Å². The van der Waals surface area contributed by atoms with E-state index in [4.69, 9.17) is 0 Å². The Balaban J connectivity index is 2.21. The lowest BCUT2D eigenvalue weighted by molar-refractivity contribution is 0.492. The van der Waals surface area contributed by atoms with Crippen molar-refractivity contribution in [2.45, 2.75) is 108 Å². The number of benzene rings is 3. The molecule has 0 amide bonds. The Morgan fingerprint density at radius 3 is 0.471 bits per heavy atom. The highest BCUT2D eigenvalue weighted by atomic mass is 14.6. The molecule has 0 N–H and O–H groups in total. The Hall–Kier alpha value is -2.34. The van der Waals surface area contributed by atoms with Gasteiger partial charge in [-0.3, -0.25) is 0 Å². The van der Waals surface area contributed by atoms with Crippen molar-refractivity contribution < 1.29 is 0 Å². The highest BCUT2D eigenvalue weighted by Gasteiger charge is 2.59. The van der Waals surface area contributed by atoms with Crippen LogP contribution in [0.2, 0.25) is 0 Å². The third kappa shape index (κ3) is 2.18. The summed E-state index contributed by atoms with van der Waals surface area (Å²) in [4.78, 5) is 0. The molecule has 3 aromatic carbocycles. The molecule has 0 heteroatoms. The van der Waals surface area contributed by atoms with E-state index in [1.54, 1.807) is 33.4 Å². The second-order valence-electron chi connectivity index (χ2n) is 12.0. The summed E-state index contributed by atoms with van der Waals surface area (Å²) in [6.07, 6.45) is 0. The fraction of sp³-hybridized carbons (Fsp3) is 0.471. The number of hydrogen-bond donors (Lipinski definition) is 0. The fourth-order valence-corrected chi connectivity index (χ4v) is 8.44. The molecule has 2 bridgehead atoms. The summed E-state index contributed by atoms with van der Waals surface area (Å²) in [5.41, 5.74) is 27.0. The lowest BCUT2D eigenvalue weighted by Crippen LogP contribution is -2.51. The zero-order valence-electron chi connectivity index (χ0n) is 24.0. The van der Waals surface area contributed by atoms with Crippen LogP contribution in [0.15, 0.2) is 0 Å². The van der Waals surface area contributed by atoms with Crippen LogP contribution in [0, 0.1) is 83.1 Å². The summed E-state index contributed by atoms with van der Waals surface area (Å²) in [7, 11) is 0. The summed E-state index contributed by atoms with van der Waals surface area (Å²) < 4.78 is 0. The summed E-state index contributed by atoms with van der Waals surface area (Å²) in [5, 5.41) is 0. The van der Waals surface area contributed by atoms with E-state index in [1.165, 1.54) is 66.8 Å². The molecule has 178 valence electrons. The van der Waals surface area contributed by atoms with E-state index in [0.717, 1.165) is 0 Å². The van der Waals surface area contributed by atoms with Crippen molar-refractivity contribution in [3.63, 3.8) is 0 Å². The maximum Gasteiger partial charge on any atom is 0.0441 e. The smallest absolute Gasteiger partial charge is 0.0441 e. The molecule has 0 radical (unpaired) electrons. The van der Waals surface area contributed by atoms with E-state index < -0.39 is 0 Å². The minimum Gasteiger partial charge on any atom is -0.0472 e. The monoisotopic (exact) mass is 450 g/mol. The molecule has 0 aromatic heterocycles. The van der Waals surface area contributed by atoms with Gasteiger partial charge in [-0.2, -0.15) is 0 Å². The molecule has 0 nitrogen and oxygen atoms in total. The molecule has 3 aromatic rings. The first-order chi connectivity index (χ1) is 15.7. The summed E-state index contributed by atoms with van der Waals surface area (Å²) >= 11 is 0. The largest absolute Gasteiger partial charge is 0.0472 e. The molecular formula is C34H42. The molecule has 34 heavy (non-hydrogen) atoms. The Labute approximate surface area is 207 Å². The fourth-order valence-electron chi connectivity index (χ4n) is 8.44. The van der Waals surface area contributed by atoms with E-state index in [1.807, 2.05) is 0 Å². The van der Waals surface area contributed by atoms with Gasteiger partial charge < -0.3 is 0 Å². The zero-order chi connectivity index (χ0) is 25.4. The molecule has 0 saturated heterocycles. The minimum atomic E-state index is -0.147. The molecule has 3 aliphatic rings. The quantitative estimate of drug-likeness (QED) is 0.321. The Morgan fingerprint density at radius 2 is 0.353 bits per heavy atom. The van der Waals surface area contributed by atoms with Gasteiger partial charge in [0.15, 0.2) is 0 Å². The molecule has 0 atom stereocenters. The molecular weight excluding hydrogens is 408 g/mol. The molecule has 0 aliphatic heterocycles. The van der Waals surface area contributed by atoms with Gasteiger partial charge in [-0.05, 0) is 197 Å². The number of rotatable bonds is 0. The van der Waals surface area contributed by atoms with Gasteiger partial charge in [-0.25, -0.2) is 0 Å². The summed E-state index contributed by atoms with van der Waals surface area (Å²) in [5.74, 6) is 0. The molecule has 6 rings (SSSR count). The second kappa shape index (κ2) is 6.66. The first kappa shape index (κ1) is 23.4. The van der Waals surface area contributed by atoms with Crippen molar-refractivity contribution in [3.8, 4) is 0 Å². The van der Waals surface area contributed by atoms with Crippen LogP contribution in [0.5, 0.6) is 0 Å². The SMILES string of the molecule is Cc1c(C)c(C)c2c(c1C)C1(C)c3c(C)c(C)c(C)c(C)c3C2(C)c2c(C)c(C)c(C)c(C)c21. The minimum absolute atomic E-state index is 0.147. The third-order valence-corrected chi connectivity index (χ3v) is 11.1. The normalized spacial score (nSPS) is 22.1. The highest BCUT2D eigenvalue weighted by molar-refractivity contribution is 5.83. The standard InChI is InChI=1S/C34H42/c1-15-16(2)22(8)28-27(21(15)7)33(13)29-23(9)17(3)19(5)25(11)31(29)34(28,14)32-26(12)20(6)18(4)24(10)30(32)33/h1-14H3. The van der Waals surface area contributed by atoms with Gasteiger partial charge in [0.05, 0.1) is 0 Å². The van der Waals surface area contributed by atoms with E-state index in [0.29, 0.717) is 0 Å². The number of hydrogen-bond acceptors (Lipinski definition) is 0. The van der Waals surface area contributed by atoms with Gasteiger partial charge in [0, 0.05) is 10.8 Å². The van der Waals surface area contributed by atoms with Crippen LogP contribution in [0.1, 0.15) is 114 Å². The van der Waals surface area contributed by atoms with Gasteiger partial charge in [0.25, 0.3) is 0 Å². The van der Waals surface area contributed by atoms with Gasteiger partial charge in [-0.1, -0.05) is 0 Å². The lowest BCUT2D eigenvalue weighted by atomic mass is 9.44. The van der Waals surface area contributed by atoms with Gasteiger partial charge in [-0.15, -0.1) is 0 Å². The van der Waals surface area contributed by atoms with Gasteiger partial charge in [0.1, 0.15) is 0 Å². The summed E-state index contributed by atoms with van der Waals surface area (Å²) in [6, 6.07) is 0. The van der Waals surface area contributed by atoms with Crippen LogP contribution in [-0.2, 0) is 10.8 Å². The molecule has 3 aliphatic carbocycles. The average Bonchev–Trinajstić information content (AvgIpc) is 2.79. The van der Waals surface area contributed by atoms with Crippen molar-refractivity contribution in [1.29, 1.82) is 0 Å². The summed E-state index contributed by atoms with van der Waals surface area (Å²) in [6.45, 7) is 33.5. The van der Waals surface area contributed by atoms with Crippen molar-refractivity contribution in [2.24, 2.45) is 0 Å². The maximum absolute atomic E-state index is 2.56. The van der Waals surface area contributed by atoms with Crippen molar-refractivity contribution >= 4 is 0 Å². The van der Waals surface area contributed by atoms with E-state index in [2.05, 4.69) is 96.9 Å². The van der Waals surface area contributed by atoms with Crippen LogP contribution in [0.4, 0.5) is 0 Å². The Bertz CT molecular complexity index is 1190. The maximum atomic E-state index is 2.56. The van der Waals surface area contributed by atoms with Gasteiger partial charge in [0.2, 0.25) is 0 Å². The third-order valence-electron chi connectivity index (χ3n) is 11.1. The van der Waals surface area contributed by atoms with Crippen LogP contribution in [0.3, 0.4) is 0 Å². The molecule has 0 heterocycles. The van der Waals surface area contributed by atoms with Crippen molar-refractivity contribution in [3.05, 3.63) is 100 Å². The molecule has 0 unspecified atom stereocenters. The van der Waals surface area contributed by atoms with Crippen LogP contribution < -0.4 is 0 Å². The van der Waals surface area contributed by atoms with Gasteiger partial charge >= 0.3 is 0 Å². The van der Waals surface area contributed by atoms with E-state index in [-0.39, 0.29) is 10.8 Å². The van der Waals surface area contributed by atoms with Crippen LogP contribution >= 0.6 is 0 Å². The first-order valence-electron chi connectivity index (χ1n) is 13.0. The van der Waals surface area contributed by atoms with E-state index >= 15 is 0 Å². The van der Waals surface area contributed by atoms with Crippen LogP contribution in [0.25, 0.3) is 0 Å². The lowest BCUT2D eigenvalue weighted by Gasteiger charge is -2.58. The zero-order valence-corrected chi connectivity index (χ0v) is 24.0. The Kier molecular flexibility index (Phi) is 4.58. The predicted octanol–water partition coefficient (Wildman–Crippen LogP) is 8.72. The van der Waals surface area contributed by atoms with Crippen molar-refractivity contribution in [2.75, 3.05) is 0 Å². The predicted molar refractivity (Wildman–Crippen MR) is 147 cm³/mol. The Morgan fingerprint density at radius 1 is 0.235 bits per heavy atom. The highest BCUT2D eigenvalue weighted by Crippen LogP contribution is 2.67. The average molecular weight is 451 g/mol. The second-order valence-corrected chi connectivity index (χ2v) is 12.0. The molecule has 0 fully saturated rings. The van der Waals surface area contributed by atoms with Crippen molar-refractivity contribution in [1.82, 2.24) is 0 Å². The molecule has 0 saturated carbocycles. The first-order valence-corrected chi connectivity index (χ1v) is 13.0. The van der Waals surface area contributed by atoms with E-state index in [9.17, 15) is 0 Å². The molecule has 0 spiro atoms. The van der Waals surface area contributed by atoms with Crippen LogP contribution in [-0.4, -0.2) is 0 Å².